The Morgan fingerprint density at radius 2 is 1.58 bits per heavy atom. The molecule has 2 atom stereocenters. The zero-order valence-electron chi connectivity index (χ0n) is 19.8. The Morgan fingerprint density at radius 3 is 2.11 bits per heavy atom. The number of alkyl halides is 3. The molecule has 0 radical (unpaired) electrons. The van der Waals surface area contributed by atoms with Crippen LogP contribution in [0.25, 0.3) is 5.70 Å². The minimum absolute atomic E-state index is 0.248. The summed E-state index contributed by atoms with van der Waals surface area (Å²) >= 11 is 0. The summed E-state index contributed by atoms with van der Waals surface area (Å²) in [6, 6.07) is 13.8. The molecule has 1 aliphatic rings. The van der Waals surface area contributed by atoms with Gasteiger partial charge in [-0.3, -0.25) is 24.1 Å². The number of amides is 3. The van der Waals surface area contributed by atoms with Crippen molar-refractivity contribution < 1.29 is 32.3 Å². The van der Waals surface area contributed by atoms with E-state index in [4.69, 9.17) is 0 Å². The highest BCUT2D eigenvalue weighted by Crippen LogP contribution is 2.28. The van der Waals surface area contributed by atoms with E-state index in [1.54, 1.807) is 67.6 Å². The van der Waals surface area contributed by atoms with Crippen LogP contribution in [0.3, 0.4) is 0 Å². The average molecular weight is 502 g/mol. The van der Waals surface area contributed by atoms with Crippen LogP contribution >= 0.6 is 0 Å². The second-order valence-electron chi connectivity index (χ2n) is 8.33. The Balaban J connectivity index is 1.90. The lowest BCUT2D eigenvalue weighted by atomic mass is 10.0. The van der Waals surface area contributed by atoms with Crippen LogP contribution in [0.4, 0.5) is 13.2 Å². The maximum Gasteiger partial charge on any atom is 0.452 e. The standard InChI is InChI=1S/C26H26F3N3O4/c1-3-21-25(36)32(22(15-31(21)17(2)33)19-12-8-5-9-13-19)16-23(34)30-20(24(35)26(27,28)29)14-18-10-6-4-7-11-18/h4-13,15,20-21H,3,14,16H2,1-2H3,(H,30,34)/t20-,21-/m0/s1. The molecule has 2 aromatic carbocycles. The Labute approximate surface area is 206 Å². The van der Waals surface area contributed by atoms with Gasteiger partial charge in [-0.25, -0.2) is 0 Å². The van der Waals surface area contributed by atoms with E-state index in [9.17, 15) is 32.3 Å². The van der Waals surface area contributed by atoms with Gasteiger partial charge in [-0.1, -0.05) is 67.6 Å². The molecule has 0 aromatic heterocycles. The molecule has 0 fully saturated rings. The van der Waals surface area contributed by atoms with E-state index in [0.717, 1.165) is 4.90 Å². The predicted octanol–water partition coefficient (Wildman–Crippen LogP) is 3.31. The van der Waals surface area contributed by atoms with Crippen molar-refractivity contribution in [1.82, 2.24) is 15.1 Å². The van der Waals surface area contributed by atoms with Gasteiger partial charge in [0.05, 0.1) is 5.70 Å². The first-order chi connectivity index (χ1) is 17.0. The highest BCUT2D eigenvalue weighted by molar-refractivity contribution is 6.00. The number of carbonyl (C=O) groups excluding carboxylic acids is 4. The number of Topliss-reactive ketones (excluding diaryl/α,β-unsaturated/α-hetero) is 1. The second kappa shape index (κ2) is 11.2. The van der Waals surface area contributed by atoms with Gasteiger partial charge in [0.1, 0.15) is 18.6 Å². The number of benzene rings is 2. The van der Waals surface area contributed by atoms with Crippen LogP contribution in [-0.4, -0.2) is 58.1 Å². The topological polar surface area (TPSA) is 86.8 Å². The summed E-state index contributed by atoms with van der Waals surface area (Å²) in [5.74, 6) is -3.94. The third-order valence-corrected chi connectivity index (χ3v) is 5.77. The number of hydrogen-bond acceptors (Lipinski definition) is 4. The Kier molecular flexibility index (Phi) is 8.29. The van der Waals surface area contributed by atoms with E-state index in [2.05, 4.69) is 5.32 Å². The third-order valence-electron chi connectivity index (χ3n) is 5.77. The monoisotopic (exact) mass is 501 g/mol. The minimum Gasteiger partial charge on any atom is -0.344 e. The molecule has 3 rings (SSSR count). The van der Waals surface area contributed by atoms with Gasteiger partial charge < -0.3 is 10.2 Å². The Hall–Kier alpha value is -3.95. The SMILES string of the molecule is CC[C@H]1C(=O)N(CC(=O)N[C@@H](Cc2ccccc2)C(=O)C(F)(F)F)C(c2ccccc2)=CN1C(C)=O. The Bertz CT molecular complexity index is 1150. The number of nitrogens with zero attached hydrogens (tertiary/aromatic N) is 2. The number of carbonyl (C=O) groups is 4. The maximum atomic E-state index is 13.3. The van der Waals surface area contributed by atoms with Crippen LogP contribution in [0.2, 0.25) is 0 Å². The van der Waals surface area contributed by atoms with Crippen molar-refractivity contribution in [3.63, 3.8) is 0 Å². The molecule has 36 heavy (non-hydrogen) atoms. The molecule has 7 nitrogen and oxygen atoms in total. The zero-order chi connectivity index (χ0) is 26.5. The van der Waals surface area contributed by atoms with Crippen LogP contribution in [0.5, 0.6) is 0 Å². The number of ketones is 1. The van der Waals surface area contributed by atoms with Gasteiger partial charge in [0.15, 0.2) is 0 Å². The second-order valence-corrected chi connectivity index (χ2v) is 8.33. The molecule has 0 spiro atoms. The zero-order valence-corrected chi connectivity index (χ0v) is 19.8. The van der Waals surface area contributed by atoms with E-state index in [1.807, 2.05) is 0 Å². The summed E-state index contributed by atoms with van der Waals surface area (Å²) in [7, 11) is 0. The minimum atomic E-state index is -5.15. The van der Waals surface area contributed by atoms with E-state index >= 15 is 0 Å². The van der Waals surface area contributed by atoms with Crippen molar-refractivity contribution in [3.05, 3.63) is 78.0 Å². The van der Waals surface area contributed by atoms with Gasteiger partial charge >= 0.3 is 6.18 Å². The summed E-state index contributed by atoms with van der Waals surface area (Å²) in [5.41, 5.74) is 1.21. The van der Waals surface area contributed by atoms with Crippen LogP contribution in [-0.2, 0) is 25.6 Å². The number of nitrogens with one attached hydrogen (secondary N) is 1. The van der Waals surface area contributed by atoms with Gasteiger partial charge in [-0.05, 0) is 17.5 Å². The lowest BCUT2D eigenvalue weighted by Gasteiger charge is -2.38. The van der Waals surface area contributed by atoms with Crippen molar-refractivity contribution >= 4 is 29.2 Å². The molecule has 1 N–H and O–H groups in total. The fourth-order valence-electron chi connectivity index (χ4n) is 4.03. The molecule has 3 amide bonds. The molecule has 0 unspecified atom stereocenters. The summed E-state index contributed by atoms with van der Waals surface area (Å²) in [6.07, 6.45) is -3.80. The molecule has 1 aliphatic heterocycles. The van der Waals surface area contributed by atoms with Crippen molar-refractivity contribution in [1.29, 1.82) is 0 Å². The normalized spacial score (nSPS) is 16.9. The third kappa shape index (κ3) is 6.18. The first-order valence-corrected chi connectivity index (χ1v) is 11.3. The van der Waals surface area contributed by atoms with E-state index < -0.39 is 42.4 Å². The van der Waals surface area contributed by atoms with E-state index in [0.29, 0.717) is 11.1 Å². The fraction of sp³-hybridized carbons (Fsp3) is 0.308. The highest BCUT2D eigenvalue weighted by Gasteiger charge is 2.44. The molecular formula is C26H26F3N3O4. The van der Waals surface area contributed by atoms with Crippen molar-refractivity contribution in [2.45, 2.75) is 44.9 Å². The van der Waals surface area contributed by atoms with Crippen LogP contribution in [0.15, 0.2) is 66.9 Å². The molecule has 1 heterocycles. The molecule has 0 saturated heterocycles. The van der Waals surface area contributed by atoms with E-state index in [1.165, 1.54) is 18.0 Å². The molecule has 190 valence electrons. The van der Waals surface area contributed by atoms with Gasteiger partial charge in [-0.2, -0.15) is 13.2 Å². The van der Waals surface area contributed by atoms with Gasteiger partial charge in [0.2, 0.25) is 11.8 Å². The summed E-state index contributed by atoms with van der Waals surface area (Å²) in [6.45, 7) is 2.39. The van der Waals surface area contributed by atoms with Crippen LogP contribution in [0.1, 0.15) is 31.4 Å². The predicted molar refractivity (Wildman–Crippen MR) is 126 cm³/mol. The quantitative estimate of drug-likeness (QED) is 0.602. The van der Waals surface area contributed by atoms with Crippen molar-refractivity contribution in [2.75, 3.05) is 6.54 Å². The fourth-order valence-corrected chi connectivity index (χ4v) is 4.03. The molecule has 0 aliphatic carbocycles. The number of rotatable bonds is 8. The number of hydrogen-bond donors (Lipinski definition) is 1. The lowest BCUT2D eigenvalue weighted by Crippen LogP contribution is -2.55. The highest BCUT2D eigenvalue weighted by atomic mass is 19.4. The summed E-state index contributed by atoms with van der Waals surface area (Å²) < 4.78 is 39.8. The van der Waals surface area contributed by atoms with E-state index in [-0.39, 0.29) is 24.4 Å². The molecule has 2 aromatic rings. The van der Waals surface area contributed by atoms with Gasteiger partial charge in [-0.15, -0.1) is 0 Å². The maximum absolute atomic E-state index is 13.3. The molecule has 0 bridgehead atoms. The number of halogens is 3. The molecule has 10 heteroatoms. The molecular weight excluding hydrogens is 475 g/mol. The van der Waals surface area contributed by atoms with Gasteiger partial charge in [0, 0.05) is 19.5 Å². The van der Waals surface area contributed by atoms with Crippen LogP contribution < -0.4 is 5.32 Å². The lowest BCUT2D eigenvalue weighted by molar-refractivity contribution is -0.173. The summed E-state index contributed by atoms with van der Waals surface area (Å²) in [4.78, 5) is 53.0. The largest absolute Gasteiger partial charge is 0.452 e. The van der Waals surface area contributed by atoms with Gasteiger partial charge in [0.25, 0.3) is 11.7 Å². The summed E-state index contributed by atoms with van der Waals surface area (Å²) in [5, 5.41) is 2.17. The average Bonchev–Trinajstić information content (AvgIpc) is 2.84. The smallest absolute Gasteiger partial charge is 0.344 e. The van der Waals surface area contributed by atoms with Crippen molar-refractivity contribution in [2.24, 2.45) is 0 Å². The Morgan fingerprint density at radius 1 is 1.00 bits per heavy atom. The van der Waals surface area contributed by atoms with Crippen molar-refractivity contribution in [3.8, 4) is 0 Å². The first-order valence-electron chi connectivity index (χ1n) is 11.3. The van der Waals surface area contributed by atoms with Crippen LogP contribution in [0, 0.1) is 0 Å². The first kappa shape index (κ1) is 26.7. The molecule has 0 saturated carbocycles.